The number of nitriles is 1. The Kier molecular flexibility index (Phi) is 4.65. The minimum atomic E-state index is -4.88. The molecule has 0 bridgehead atoms. The maximum atomic E-state index is 12.3. The molecule has 0 saturated carbocycles. The van der Waals surface area contributed by atoms with Gasteiger partial charge in [-0.25, -0.2) is 0 Å². The van der Waals surface area contributed by atoms with Gasteiger partial charge in [0.1, 0.15) is 5.41 Å². The van der Waals surface area contributed by atoms with Crippen molar-refractivity contribution in [1.29, 1.82) is 5.26 Å². The van der Waals surface area contributed by atoms with E-state index in [0.717, 1.165) is 6.07 Å². The fraction of sp³-hybridized carbons (Fsp3) is 0.333. The maximum Gasteiger partial charge on any atom is 0.573 e. The van der Waals surface area contributed by atoms with E-state index in [2.05, 4.69) is 26.0 Å². The molecule has 0 aliphatic heterocycles. The van der Waals surface area contributed by atoms with Gasteiger partial charge in [0.2, 0.25) is 5.91 Å². The number of alkyl halides is 3. The third-order valence-electron chi connectivity index (χ3n) is 2.26. The number of nitrogens with one attached hydrogen (secondary N) is 1. The molecule has 1 aromatic carbocycles. The Morgan fingerprint density at radius 3 is 2.50 bits per heavy atom. The van der Waals surface area contributed by atoms with Crippen LogP contribution in [0.15, 0.2) is 22.7 Å². The zero-order valence-corrected chi connectivity index (χ0v) is 12.1. The van der Waals surface area contributed by atoms with Crippen LogP contribution in [0.4, 0.5) is 18.9 Å². The van der Waals surface area contributed by atoms with E-state index in [4.69, 9.17) is 5.26 Å². The first-order valence-corrected chi connectivity index (χ1v) is 6.12. The van der Waals surface area contributed by atoms with E-state index < -0.39 is 23.4 Å². The molecule has 1 aromatic rings. The predicted molar refractivity (Wildman–Crippen MR) is 68.8 cm³/mol. The Morgan fingerprint density at radius 2 is 2.00 bits per heavy atom. The highest BCUT2D eigenvalue weighted by atomic mass is 79.9. The molecule has 0 aliphatic rings. The van der Waals surface area contributed by atoms with Crippen LogP contribution in [-0.4, -0.2) is 12.3 Å². The molecule has 0 heterocycles. The SMILES string of the molecule is CC(C)(C#N)C(=O)Nc1ccc(Br)cc1OC(F)(F)F. The number of anilines is 1. The first kappa shape index (κ1) is 16.3. The lowest BCUT2D eigenvalue weighted by atomic mass is 9.94. The highest BCUT2D eigenvalue weighted by molar-refractivity contribution is 9.10. The Labute approximate surface area is 121 Å². The third-order valence-corrected chi connectivity index (χ3v) is 2.76. The molecule has 20 heavy (non-hydrogen) atoms. The van der Waals surface area contributed by atoms with Gasteiger partial charge in [-0.05, 0) is 32.0 Å². The number of carbonyl (C=O) groups is 1. The molecule has 4 nitrogen and oxygen atoms in total. The highest BCUT2D eigenvalue weighted by Gasteiger charge is 2.33. The monoisotopic (exact) mass is 350 g/mol. The van der Waals surface area contributed by atoms with Crippen molar-refractivity contribution in [3.05, 3.63) is 22.7 Å². The molecule has 1 rings (SSSR count). The molecule has 0 saturated heterocycles. The van der Waals surface area contributed by atoms with Crippen LogP contribution in [-0.2, 0) is 4.79 Å². The number of hydrogen-bond donors (Lipinski definition) is 1. The molecular formula is C12H10BrF3N2O2. The fourth-order valence-corrected chi connectivity index (χ4v) is 1.48. The smallest absolute Gasteiger partial charge is 0.404 e. The molecule has 108 valence electrons. The number of halogens is 4. The maximum absolute atomic E-state index is 12.3. The average Bonchev–Trinajstić information content (AvgIpc) is 2.30. The Morgan fingerprint density at radius 1 is 1.40 bits per heavy atom. The van der Waals surface area contributed by atoms with Crippen molar-refractivity contribution in [3.63, 3.8) is 0 Å². The minimum absolute atomic E-state index is 0.168. The lowest BCUT2D eigenvalue weighted by Gasteiger charge is -2.18. The van der Waals surface area contributed by atoms with Gasteiger partial charge in [-0.15, -0.1) is 13.2 Å². The van der Waals surface area contributed by atoms with Gasteiger partial charge in [0.15, 0.2) is 5.75 Å². The molecule has 0 radical (unpaired) electrons. The van der Waals surface area contributed by atoms with Gasteiger partial charge < -0.3 is 10.1 Å². The van der Waals surface area contributed by atoms with Crippen LogP contribution in [0, 0.1) is 16.7 Å². The van der Waals surface area contributed by atoms with Crippen molar-refractivity contribution < 1.29 is 22.7 Å². The van der Waals surface area contributed by atoms with Crippen molar-refractivity contribution >= 4 is 27.5 Å². The second kappa shape index (κ2) is 5.71. The predicted octanol–water partition coefficient (Wildman–Crippen LogP) is 3.84. The van der Waals surface area contributed by atoms with E-state index in [1.807, 2.05) is 0 Å². The van der Waals surface area contributed by atoms with E-state index >= 15 is 0 Å². The summed E-state index contributed by atoms with van der Waals surface area (Å²) in [6, 6.07) is 5.52. The molecular weight excluding hydrogens is 341 g/mol. The minimum Gasteiger partial charge on any atom is -0.404 e. The van der Waals surface area contributed by atoms with Crippen LogP contribution in [0.25, 0.3) is 0 Å². The van der Waals surface area contributed by atoms with Crippen molar-refractivity contribution in [2.75, 3.05) is 5.32 Å². The summed E-state index contributed by atoms with van der Waals surface area (Å²) in [5.41, 5.74) is -1.54. The topological polar surface area (TPSA) is 62.1 Å². The number of hydrogen-bond acceptors (Lipinski definition) is 3. The number of carbonyl (C=O) groups excluding carboxylic acids is 1. The van der Waals surface area contributed by atoms with Crippen molar-refractivity contribution in [3.8, 4) is 11.8 Å². The second-order valence-electron chi connectivity index (χ2n) is 4.38. The van der Waals surface area contributed by atoms with Crippen LogP contribution in [0.1, 0.15) is 13.8 Å². The van der Waals surface area contributed by atoms with E-state index in [9.17, 15) is 18.0 Å². The van der Waals surface area contributed by atoms with Gasteiger partial charge in [0.25, 0.3) is 0 Å². The van der Waals surface area contributed by atoms with E-state index in [-0.39, 0.29) is 5.69 Å². The van der Waals surface area contributed by atoms with Gasteiger partial charge in [-0.2, -0.15) is 5.26 Å². The van der Waals surface area contributed by atoms with Gasteiger partial charge in [0.05, 0.1) is 11.8 Å². The van der Waals surface area contributed by atoms with E-state index in [1.165, 1.54) is 26.0 Å². The van der Waals surface area contributed by atoms with Gasteiger partial charge in [-0.1, -0.05) is 15.9 Å². The first-order chi connectivity index (χ1) is 9.05. The van der Waals surface area contributed by atoms with E-state index in [1.54, 1.807) is 6.07 Å². The van der Waals surface area contributed by atoms with Gasteiger partial charge in [0, 0.05) is 4.47 Å². The fourth-order valence-electron chi connectivity index (χ4n) is 1.14. The summed E-state index contributed by atoms with van der Waals surface area (Å²) >= 11 is 3.01. The van der Waals surface area contributed by atoms with Crippen LogP contribution in [0.3, 0.4) is 0 Å². The van der Waals surface area contributed by atoms with Crippen LogP contribution in [0.2, 0.25) is 0 Å². The van der Waals surface area contributed by atoms with Gasteiger partial charge in [-0.3, -0.25) is 4.79 Å². The van der Waals surface area contributed by atoms with Gasteiger partial charge >= 0.3 is 6.36 Å². The summed E-state index contributed by atoms with van der Waals surface area (Å²) in [6.45, 7) is 2.71. The summed E-state index contributed by atoms with van der Waals surface area (Å²) in [7, 11) is 0. The molecule has 1 amide bonds. The number of rotatable bonds is 3. The molecule has 0 unspecified atom stereocenters. The summed E-state index contributed by atoms with van der Waals surface area (Å²) < 4.78 is 41.1. The molecule has 0 aromatic heterocycles. The molecule has 0 atom stereocenters. The van der Waals surface area contributed by atoms with Crippen LogP contribution >= 0.6 is 15.9 Å². The normalized spacial score (nSPS) is 11.7. The van der Waals surface area contributed by atoms with Crippen LogP contribution in [0.5, 0.6) is 5.75 Å². The number of ether oxygens (including phenoxy) is 1. The van der Waals surface area contributed by atoms with E-state index in [0.29, 0.717) is 4.47 Å². The zero-order chi connectivity index (χ0) is 15.6. The molecule has 0 aliphatic carbocycles. The lowest BCUT2D eigenvalue weighted by molar-refractivity contribution is -0.274. The van der Waals surface area contributed by atoms with Crippen LogP contribution < -0.4 is 10.1 Å². The second-order valence-corrected chi connectivity index (χ2v) is 5.29. The Balaban J connectivity index is 3.07. The summed E-state index contributed by atoms with van der Waals surface area (Å²) in [4.78, 5) is 11.8. The molecule has 0 fully saturated rings. The average molecular weight is 351 g/mol. The molecule has 0 spiro atoms. The summed E-state index contributed by atoms with van der Waals surface area (Å²) in [6.07, 6.45) is -4.88. The third kappa shape index (κ3) is 4.42. The zero-order valence-electron chi connectivity index (χ0n) is 10.5. The quantitative estimate of drug-likeness (QED) is 0.900. The number of nitrogens with zero attached hydrogens (tertiary/aromatic N) is 1. The highest BCUT2D eigenvalue weighted by Crippen LogP contribution is 2.33. The number of benzene rings is 1. The summed E-state index contributed by atoms with van der Waals surface area (Å²) in [5, 5.41) is 11.1. The standard InChI is InChI=1S/C12H10BrF3N2O2/c1-11(2,6-17)10(19)18-8-4-3-7(13)5-9(8)20-12(14,15)16/h3-5H,1-2H3,(H,18,19). The molecule has 1 N–H and O–H groups in total. The lowest BCUT2D eigenvalue weighted by Crippen LogP contribution is -2.29. The Hall–Kier alpha value is -1.75. The van der Waals surface area contributed by atoms with Crippen molar-refractivity contribution in [2.24, 2.45) is 5.41 Å². The first-order valence-electron chi connectivity index (χ1n) is 5.33. The number of amides is 1. The van der Waals surface area contributed by atoms with Crippen molar-refractivity contribution in [2.45, 2.75) is 20.2 Å². The largest absolute Gasteiger partial charge is 0.573 e. The summed E-state index contributed by atoms with van der Waals surface area (Å²) in [5.74, 6) is -1.29. The Bertz CT molecular complexity index is 565. The molecule has 8 heteroatoms. The van der Waals surface area contributed by atoms with Crippen molar-refractivity contribution in [1.82, 2.24) is 0 Å².